The Morgan fingerprint density at radius 1 is 0.423 bits per heavy atom. The van der Waals surface area contributed by atoms with Crippen molar-refractivity contribution < 1.29 is 0 Å². The molecule has 52 heavy (non-hydrogen) atoms. The average molecular weight is 695 g/mol. The summed E-state index contributed by atoms with van der Waals surface area (Å²) in [6.07, 6.45) is 17.4. The van der Waals surface area contributed by atoms with E-state index in [1.165, 1.54) is 62.5 Å². The molecule has 4 atom stereocenters. The molecular formula is C44H54N8. The molecule has 8 nitrogen and oxygen atoms in total. The van der Waals surface area contributed by atoms with Gasteiger partial charge in [-0.3, -0.25) is 29.7 Å². The first-order valence-corrected chi connectivity index (χ1v) is 19.4. The molecule has 0 amide bonds. The minimum Gasteiger partial charge on any atom is -0.308 e. The van der Waals surface area contributed by atoms with Gasteiger partial charge in [-0.1, -0.05) is 74.2 Å². The molecule has 2 aliphatic rings. The van der Waals surface area contributed by atoms with Crippen molar-refractivity contribution in [2.24, 2.45) is 0 Å². The topological polar surface area (TPSA) is 82.1 Å². The molecule has 0 spiro atoms. The van der Waals surface area contributed by atoms with E-state index < -0.39 is 0 Å². The first-order chi connectivity index (χ1) is 25.8. The molecule has 8 heteroatoms. The molecule has 270 valence electrons. The van der Waals surface area contributed by atoms with Gasteiger partial charge in [0.05, 0.1) is 22.8 Å². The molecule has 0 radical (unpaired) electrons. The lowest BCUT2D eigenvalue weighted by molar-refractivity contribution is 0.103. The van der Waals surface area contributed by atoms with Crippen LogP contribution in [-0.2, 0) is 39.3 Å². The number of rotatable bonds is 16. The van der Waals surface area contributed by atoms with E-state index in [0.29, 0.717) is 24.2 Å². The van der Waals surface area contributed by atoms with Crippen molar-refractivity contribution >= 4 is 0 Å². The lowest BCUT2D eigenvalue weighted by atomic mass is 9.88. The van der Waals surface area contributed by atoms with E-state index in [1.54, 1.807) is 0 Å². The summed E-state index contributed by atoms with van der Waals surface area (Å²) in [5.41, 5.74) is 7.12. The second-order valence-electron chi connectivity index (χ2n) is 14.6. The highest BCUT2D eigenvalue weighted by Gasteiger charge is 2.32. The Morgan fingerprint density at radius 3 is 1.06 bits per heavy atom. The van der Waals surface area contributed by atoms with Crippen molar-refractivity contribution in [1.82, 2.24) is 40.4 Å². The maximum Gasteiger partial charge on any atom is 0.0544 e. The van der Waals surface area contributed by atoms with Gasteiger partial charge >= 0.3 is 0 Å². The molecule has 2 N–H and O–H groups in total. The van der Waals surface area contributed by atoms with Crippen LogP contribution in [0.2, 0.25) is 0 Å². The summed E-state index contributed by atoms with van der Waals surface area (Å²) in [7, 11) is 0. The first-order valence-electron chi connectivity index (χ1n) is 19.4. The van der Waals surface area contributed by atoms with Crippen LogP contribution in [0.1, 0.15) is 85.3 Å². The molecule has 2 fully saturated rings. The Hall–Kier alpha value is -4.34. The number of pyridine rings is 4. The molecule has 2 aliphatic carbocycles. The fourth-order valence-corrected chi connectivity index (χ4v) is 8.23. The van der Waals surface area contributed by atoms with Crippen LogP contribution in [-0.4, -0.2) is 53.9 Å². The van der Waals surface area contributed by atoms with E-state index in [4.69, 9.17) is 0 Å². The molecule has 4 heterocycles. The van der Waals surface area contributed by atoms with Gasteiger partial charge in [0.25, 0.3) is 0 Å². The van der Waals surface area contributed by atoms with E-state index in [-0.39, 0.29) is 0 Å². The van der Waals surface area contributed by atoms with Crippen LogP contribution >= 0.6 is 0 Å². The van der Waals surface area contributed by atoms with Crippen molar-refractivity contribution in [2.45, 2.75) is 115 Å². The zero-order chi connectivity index (χ0) is 35.2. The van der Waals surface area contributed by atoms with Gasteiger partial charge in [-0.05, 0) is 85.3 Å². The number of nitrogens with one attached hydrogen (secondary N) is 2. The molecular weight excluding hydrogens is 641 g/mol. The summed E-state index contributed by atoms with van der Waals surface area (Å²) >= 11 is 0. The lowest BCUT2D eigenvalue weighted by Gasteiger charge is -2.40. The van der Waals surface area contributed by atoms with Gasteiger partial charge in [-0.15, -0.1) is 0 Å². The average Bonchev–Trinajstić information content (AvgIpc) is 3.21. The highest BCUT2D eigenvalue weighted by Crippen LogP contribution is 2.28. The van der Waals surface area contributed by atoms with Gasteiger partial charge in [0.15, 0.2) is 0 Å². The van der Waals surface area contributed by atoms with Gasteiger partial charge < -0.3 is 10.6 Å². The van der Waals surface area contributed by atoms with Crippen LogP contribution < -0.4 is 10.6 Å². The van der Waals surface area contributed by atoms with Crippen molar-refractivity contribution in [3.63, 3.8) is 0 Å². The monoisotopic (exact) mass is 694 g/mol. The number of hydrogen-bond donors (Lipinski definition) is 2. The Morgan fingerprint density at radius 2 is 0.750 bits per heavy atom. The van der Waals surface area contributed by atoms with Crippen LogP contribution in [0, 0.1) is 0 Å². The molecule has 4 aromatic heterocycles. The van der Waals surface area contributed by atoms with Crippen molar-refractivity contribution in [2.75, 3.05) is 0 Å². The van der Waals surface area contributed by atoms with E-state index >= 15 is 0 Å². The highest BCUT2D eigenvalue weighted by atomic mass is 15.2. The predicted molar refractivity (Wildman–Crippen MR) is 208 cm³/mol. The molecule has 1 aromatic carbocycles. The van der Waals surface area contributed by atoms with Gasteiger partial charge in [0.1, 0.15) is 0 Å². The predicted octanol–water partition coefficient (Wildman–Crippen LogP) is 7.47. The molecule has 0 saturated heterocycles. The zero-order valence-electron chi connectivity index (χ0n) is 30.4. The Kier molecular flexibility index (Phi) is 13.1. The van der Waals surface area contributed by atoms with Crippen LogP contribution in [0.15, 0.2) is 122 Å². The maximum atomic E-state index is 4.68. The third-order valence-electron chi connectivity index (χ3n) is 10.9. The first kappa shape index (κ1) is 36.0. The van der Waals surface area contributed by atoms with Gasteiger partial charge in [-0.25, -0.2) is 0 Å². The van der Waals surface area contributed by atoms with E-state index in [9.17, 15) is 0 Å². The Balaban J connectivity index is 0.967. The quantitative estimate of drug-likeness (QED) is 0.110. The van der Waals surface area contributed by atoms with E-state index in [2.05, 4.69) is 113 Å². The highest BCUT2D eigenvalue weighted by molar-refractivity contribution is 5.23. The van der Waals surface area contributed by atoms with Crippen LogP contribution in [0.3, 0.4) is 0 Å². The Labute approximate surface area is 310 Å². The molecule has 0 bridgehead atoms. The fourth-order valence-electron chi connectivity index (χ4n) is 8.23. The summed E-state index contributed by atoms with van der Waals surface area (Å²) in [6, 6.07) is 35.9. The van der Waals surface area contributed by atoms with Gasteiger partial charge in [0, 0.05) is 88.2 Å². The number of aromatic nitrogens is 4. The van der Waals surface area contributed by atoms with Gasteiger partial charge in [-0.2, -0.15) is 0 Å². The molecule has 5 aromatic rings. The zero-order valence-corrected chi connectivity index (χ0v) is 30.4. The normalized spacial score (nSPS) is 20.7. The number of nitrogens with zero attached hydrogens (tertiary/aromatic N) is 6. The summed E-state index contributed by atoms with van der Waals surface area (Å²) in [5.74, 6) is 0. The molecule has 0 aliphatic heterocycles. The third-order valence-corrected chi connectivity index (χ3v) is 10.9. The smallest absolute Gasteiger partial charge is 0.0544 e. The van der Waals surface area contributed by atoms with Crippen LogP contribution in [0.4, 0.5) is 0 Å². The Bertz CT molecular complexity index is 1510. The third kappa shape index (κ3) is 10.4. The van der Waals surface area contributed by atoms with Crippen molar-refractivity contribution in [3.05, 3.63) is 156 Å². The molecule has 0 unspecified atom stereocenters. The van der Waals surface area contributed by atoms with Crippen molar-refractivity contribution in [3.8, 4) is 0 Å². The molecule has 2 saturated carbocycles. The van der Waals surface area contributed by atoms with E-state index in [0.717, 1.165) is 62.0 Å². The minimum absolute atomic E-state index is 0.422. The second kappa shape index (κ2) is 18.9. The largest absolute Gasteiger partial charge is 0.308 e. The summed E-state index contributed by atoms with van der Waals surface area (Å²) in [5, 5.41) is 7.97. The van der Waals surface area contributed by atoms with Crippen molar-refractivity contribution in [1.29, 1.82) is 0 Å². The standard InChI is InChI=1S/C44H54N8/c1-3-19-43(51(31-37-13-5-9-25-45-37)32-38-14-6-10-26-46-38)41(17-1)49-29-35-21-23-36(24-22-35)30-50-42-18-2-4-20-44(42)52(33-39-15-7-11-27-47-39)34-40-16-8-12-28-48-40/h5-16,21-28,41-44,49-50H,1-4,17-20,29-34H2/t41-,42-,43-,44-/m1/s1. The second-order valence-corrected chi connectivity index (χ2v) is 14.6. The molecule has 7 rings (SSSR count). The summed E-state index contributed by atoms with van der Waals surface area (Å²) < 4.78 is 0. The maximum absolute atomic E-state index is 4.68. The summed E-state index contributed by atoms with van der Waals surface area (Å²) in [6.45, 7) is 5.05. The lowest BCUT2D eigenvalue weighted by Crippen LogP contribution is -2.51. The fraction of sp³-hybridized carbons (Fsp3) is 0.409. The SMILES string of the molecule is c1ccc(CN(Cc2ccccn2)[C@@H]2CCCC[C@H]2NCc2ccc(CN[C@@H]3CCCC[C@H]3N(Cc3ccccn3)Cc3ccccn3)cc2)nc1. The van der Waals surface area contributed by atoms with Gasteiger partial charge in [0.2, 0.25) is 0 Å². The van der Waals surface area contributed by atoms with Crippen LogP contribution in [0.25, 0.3) is 0 Å². The number of hydrogen-bond acceptors (Lipinski definition) is 8. The summed E-state index contributed by atoms with van der Waals surface area (Å²) in [4.78, 5) is 23.9. The van der Waals surface area contributed by atoms with Crippen LogP contribution in [0.5, 0.6) is 0 Å². The van der Waals surface area contributed by atoms with E-state index in [1.807, 2.05) is 49.1 Å². The minimum atomic E-state index is 0.422. The number of benzene rings is 1.